The number of hydrogen-bond donors (Lipinski definition) is 0. The maximum absolute atomic E-state index is 8.73. The summed E-state index contributed by atoms with van der Waals surface area (Å²) in [5.74, 6) is 0.874. The minimum absolute atomic E-state index is 0.513. The number of hydrogen-bond acceptors (Lipinski definition) is 4. The average molecular weight is 315 g/mol. The van der Waals surface area contributed by atoms with E-state index in [-0.39, 0.29) is 0 Å². The largest absolute Gasteiger partial charge is 0.303 e. The maximum atomic E-state index is 8.73. The van der Waals surface area contributed by atoms with E-state index in [1.807, 2.05) is 28.4 Å². The molecule has 5 nitrogen and oxygen atoms in total. The minimum Gasteiger partial charge on any atom is -0.303 e. The molecule has 0 N–H and O–H groups in total. The van der Waals surface area contributed by atoms with Crippen molar-refractivity contribution in [3.05, 3.63) is 34.6 Å². The van der Waals surface area contributed by atoms with Crippen LogP contribution in [0.4, 0.5) is 0 Å². The molecule has 0 aliphatic rings. The third kappa shape index (κ3) is 3.43. The van der Waals surface area contributed by atoms with Crippen molar-refractivity contribution in [3.63, 3.8) is 0 Å². The summed E-state index contributed by atoms with van der Waals surface area (Å²) in [4.78, 5) is 2.16. The monoisotopic (exact) mass is 315 g/mol. The highest BCUT2D eigenvalue weighted by Crippen LogP contribution is 2.21. The molecule has 0 atom stereocenters. The Morgan fingerprint density at radius 3 is 2.73 bits per heavy atom. The third-order valence-electron chi connectivity index (χ3n) is 3.75. The zero-order valence-corrected chi connectivity index (χ0v) is 14.1. The van der Waals surface area contributed by atoms with Gasteiger partial charge in [-0.3, -0.25) is 4.90 Å². The highest BCUT2D eigenvalue weighted by Gasteiger charge is 2.13. The van der Waals surface area contributed by atoms with Crippen molar-refractivity contribution in [1.29, 1.82) is 5.26 Å². The molecule has 0 amide bonds. The number of aromatic nitrogens is 3. The lowest BCUT2D eigenvalue weighted by molar-refractivity contribution is 0.220. The van der Waals surface area contributed by atoms with E-state index in [0.29, 0.717) is 17.9 Å². The van der Waals surface area contributed by atoms with Crippen molar-refractivity contribution in [3.8, 4) is 17.5 Å². The van der Waals surface area contributed by atoms with Gasteiger partial charge in [0.25, 0.3) is 0 Å². The van der Waals surface area contributed by atoms with Crippen LogP contribution in [0.25, 0.3) is 11.4 Å². The fraction of sp³-hybridized carbons (Fsp3) is 0.438. The van der Waals surface area contributed by atoms with Crippen LogP contribution in [0.3, 0.4) is 0 Å². The SMILES string of the molecule is CCN(CCC#N)Cn1nc(-c2ccccc2C)n(C)c1=S. The van der Waals surface area contributed by atoms with Gasteiger partial charge in [-0.25, -0.2) is 4.68 Å². The van der Waals surface area contributed by atoms with Crippen LogP contribution in [-0.2, 0) is 13.7 Å². The summed E-state index contributed by atoms with van der Waals surface area (Å²) in [5, 5.41) is 13.4. The second kappa shape index (κ2) is 7.34. The van der Waals surface area contributed by atoms with Crippen molar-refractivity contribution in [2.45, 2.75) is 26.9 Å². The van der Waals surface area contributed by atoms with Crippen molar-refractivity contribution in [2.24, 2.45) is 7.05 Å². The molecule has 6 heteroatoms. The molecule has 0 fully saturated rings. The van der Waals surface area contributed by atoms with Crippen molar-refractivity contribution >= 4 is 12.2 Å². The molecule has 116 valence electrons. The summed E-state index contributed by atoms with van der Waals surface area (Å²) in [5.41, 5.74) is 2.27. The molecule has 0 saturated carbocycles. The minimum atomic E-state index is 0.513. The first-order chi connectivity index (χ1) is 10.6. The number of rotatable bonds is 6. The fourth-order valence-corrected chi connectivity index (χ4v) is 2.55. The van der Waals surface area contributed by atoms with E-state index in [4.69, 9.17) is 17.5 Å². The summed E-state index contributed by atoms with van der Waals surface area (Å²) in [6.07, 6.45) is 0.513. The maximum Gasteiger partial charge on any atom is 0.199 e. The van der Waals surface area contributed by atoms with E-state index < -0.39 is 0 Å². The van der Waals surface area contributed by atoms with E-state index in [1.165, 1.54) is 5.56 Å². The summed E-state index contributed by atoms with van der Waals surface area (Å²) >= 11 is 5.51. The molecule has 2 rings (SSSR count). The van der Waals surface area contributed by atoms with Gasteiger partial charge in [0, 0.05) is 25.6 Å². The van der Waals surface area contributed by atoms with E-state index in [1.54, 1.807) is 0 Å². The van der Waals surface area contributed by atoms with Gasteiger partial charge in [0.15, 0.2) is 10.6 Å². The number of aryl methyl sites for hydroxylation is 1. The highest BCUT2D eigenvalue weighted by atomic mass is 32.1. The van der Waals surface area contributed by atoms with Crippen LogP contribution in [0, 0.1) is 23.0 Å². The van der Waals surface area contributed by atoms with Gasteiger partial charge in [0.1, 0.15) is 0 Å². The lowest BCUT2D eigenvalue weighted by Crippen LogP contribution is -2.28. The molecule has 0 saturated heterocycles. The molecule has 2 aromatic rings. The van der Waals surface area contributed by atoms with E-state index >= 15 is 0 Å². The Balaban J connectivity index is 2.33. The van der Waals surface area contributed by atoms with E-state index in [2.05, 4.69) is 42.0 Å². The molecule has 0 aliphatic carbocycles. The predicted molar refractivity (Wildman–Crippen MR) is 89.7 cm³/mol. The topological polar surface area (TPSA) is 49.8 Å². The zero-order chi connectivity index (χ0) is 16.1. The first kappa shape index (κ1) is 16.4. The Morgan fingerprint density at radius 2 is 2.09 bits per heavy atom. The van der Waals surface area contributed by atoms with Gasteiger partial charge in [-0.2, -0.15) is 10.4 Å². The first-order valence-corrected chi connectivity index (χ1v) is 7.78. The van der Waals surface area contributed by atoms with Crippen molar-refractivity contribution in [2.75, 3.05) is 13.1 Å². The number of nitrogens with zero attached hydrogens (tertiary/aromatic N) is 5. The van der Waals surface area contributed by atoms with Crippen LogP contribution >= 0.6 is 12.2 Å². The second-order valence-corrected chi connectivity index (χ2v) is 5.60. The second-order valence-electron chi connectivity index (χ2n) is 5.24. The van der Waals surface area contributed by atoms with Crippen LogP contribution in [-0.4, -0.2) is 32.3 Å². The lowest BCUT2D eigenvalue weighted by Gasteiger charge is -2.18. The Bertz CT molecular complexity index is 738. The molecular formula is C16H21N5S. The Kier molecular flexibility index (Phi) is 5.47. The van der Waals surface area contributed by atoms with Gasteiger partial charge in [-0.05, 0) is 31.2 Å². The van der Waals surface area contributed by atoms with Crippen molar-refractivity contribution < 1.29 is 0 Å². The molecule has 0 unspecified atom stereocenters. The Morgan fingerprint density at radius 1 is 1.36 bits per heavy atom. The van der Waals surface area contributed by atoms with Gasteiger partial charge >= 0.3 is 0 Å². The van der Waals surface area contributed by atoms with Gasteiger partial charge in [-0.1, -0.05) is 31.2 Å². The average Bonchev–Trinajstić information content (AvgIpc) is 2.80. The normalized spacial score (nSPS) is 10.9. The number of nitriles is 1. The van der Waals surface area contributed by atoms with Crippen LogP contribution in [0.2, 0.25) is 0 Å². The molecule has 1 aromatic carbocycles. The summed E-state index contributed by atoms with van der Waals surface area (Å²) in [7, 11) is 1.94. The van der Waals surface area contributed by atoms with Gasteiger partial charge < -0.3 is 4.57 Å². The fourth-order valence-electron chi connectivity index (χ4n) is 2.36. The van der Waals surface area contributed by atoms with Crippen LogP contribution in [0.5, 0.6) is 0 Å². The summed E-state index contributed by atoms with van der Waals surface area (Å²) < 4.78 is 4.46. The van der Waals surface area contributed by atoms with Gasteiger partial charge in [0.05, 0.1) is 12.7 Å². The molecule has 1 heterocycles. The standard InChI is InChI=1S/C16H21N5S/c1-4-20(11-7-10-17)12-21-16(22)19(3)15(18-21)14-9-6-5-8-13(14)2/h5-6,8-9H,4,7,11-12H2,1-3H3. The lowest BCUT2D eigenvalue weighted by atomic mass is 10.1. The molecule has 0 bridgehead atoms. The molecule has 0 aliphatic heterocycles. The third-order valence-corrected chi connectivity index (χ3v) is 4.23. The molecular weight excluding hydrogens is 294 g/mol. The quantitative estimate of drug-likeness (QED) is 0.769. The van der Waals surface area contributed by atoms with Gasteiger partial charge in [-0.15, -0.1) is 0 Å². The molecule has 0 spiro atoms. The Hall–Kier alpha value is -1.97. The predicted octanol–water partition coefficient (Wildman–Crippen LogP) is 3.12. The zero-order valence-electron chi connectivity index (χ0n) is 13.3. The smallest absolute Gasteiger partial charge is 0.199 e. The van der Waals surface area contributed by atoms with Crippen LogP contribution in [0.1, 0.15) is 18.9 Å². The summed E-state index contributed by atoms with van der Waals surface area (Å²) in [6.45, 7) is 6.34. The molecule has 22 heavy (non-hydrogen) atoms. The Labute approximate surface area is 136 Å². The van der Waals surface area contributed by atoms with Crippen LogP contribution < -0.4 is 0 Å². The van der Waals surface area contributed by atoms with E-state index in [9.17, 15) is 0 Å². The van der Waals surface area contributed by atoms with Crippen LogP contribution in [0.15, 0.2) is 24.3 Å². The van der Waals surface area contributed by atoms with Gasteiger partial charge in [0.2, 0.25) is 0 Å². The highest BCUT2D eigenvalue weighted by molar-refractivity contribution is 7.71. The molecule has 0 radical (unpaired) electrons. The first-order valence-electron chi connectivity index (χ1n) is 7.37. The summed E-state index contributed by atoms with van der Waals surface area (Å²) in [6, 6.07) is 10.3. The number of benzene rings is 1. The van der Waals surface area contributed by atoms with E-state index in [0.717, 1.165) is 24.5 Å². The molecule has 1 aromatic heterocycles. The van der Waals surface area contributed by atoms with Crippen molar-refractivity contribution in [1.82, 2.24) is 19.2 Å².